The van der Waals surface area contributed by atoms with E-state index in [1.807, 2.05) is 57.2 Å². The van der Waals surface area contributed by atoms with Gasteiger partial charge in [0.2, 0.25) is 0 Å². The van der Waals surface area contributed by atoms with Gasteiger partial charge in [0.05, 0.1) is 5.56 Å². The molecule has 1 aliphatic carbocycles. The number of fused-ring (bicyclic) bond motifs is 3. The Bertz CT molecular complexity index is 1130. The van der Waals surface area contributed by atoms with Gasteiger partial charge in [-0.2, -0.15) is 0 Å². The second-order valence-corrected chi connectivity index (χ2v) is 9.91. The number of rotatable bonds is 8. The smallest absolute Gasteiger partial charge is 0.407 e. The van der Waals surface area contributed by atoms with Gasteiger partial charge < -0.3 is 14.8 Å². The molecule has 0 saturated carbocycles. The summed E-state index contributed by atoms with van der Waals surface area (Å²) in [4.78, 5) is 24.4. The number of hydrogen-bond donors (Lipinski definition) is 1. The number of aryl methyl sites for hydroxylation is 1. The molecule has 0 atom stereocenters. The van der Waals surface area contributed by atoms with Crippen molar-refractivity contribution in [1.29, 1.82) is 0 Å². The molecule has 0 unspecified atom stereocenters. The van der Waals surface area contributed by atoms with Gasteiger partial charge in [-0.15, -0.1) is 0 Å². The largest absolute Gasteiger partial charge is 0.456 e. The molecule has 0 bridgehead atoms. The van der Waals surface area contributed by atoms with E-state index in [0.29, 0.717) is 18.7 Å². The monoisotopic (exact) mass is 471 g/mol. The average Bonchev–Trinajstić information content (AvgIpc) is 3.15. The molecule has 1 N–H and O–H groups in total. The van der Waals surface area contributed by atoms with Crippen LogP contribution in [-0.2, 0) is 15.9 Å². The minimum absolute atomic E-state index is 0.0665. The zero-order valence-corrected chi connectivity index (χ0v) is 20.7. The normalized spacial score (nSPS) is 12.5. The Morgan fingerprint density at radius 2 is 1.43 bits per heavy atom. The maximum atomic E-state index is 12.3. The summed E-state index contributed by atoms with van der Waals surface area (Å²) >= 11 is 0. The van der Waals surface area contributed by atoms with Crippen LogP contribution in [0.1, 0.15) is 66.6 Å². The van der Waals surface area contributed by atoms with Crippen LogP contribution in [0.3, 0.4) is 0 Å². The second kappa shape index (κ2) is 10.8. The van der Waals surface area contributed by atoms with Crippen LogP contribution in [0.25, 0.3) is 11.1 Å². The highest BCUT2D eigenvalue weighted by Crippen LogP contribution is 2.44. The number of ether oxygens (including phenoxy) is 2. The third kappa shape index (κ3) is 6.30. The van der Waals surface area contributed by atoms with Crippen molar-refractivity contribution >= 4 is 12.1 Å². The Hall–Kier alpha value is -3.60. The van der Waals surface area contributed by atoms with E-state index in [9.17, 15) is 9.59 Å². The van der Waals surface area contributed by atoms with Gasteiger partial charge in [-0.25, -0.2) is 9.59 Å². The van der Waals surface area contributed by atoms with E-state index >= 15 is 0 Å². The highest BCUT2D eigenvalue weighted by molar-refractivity contribution is 5.89. The molecule has 1 aliphatic rings. The molecular weight excluding hydrogens is 438 g/mol. The maximum Gasteiger partial charge on any atom is 0.407 e. The van der Waals surface area contributed by atoms with Gasteiger partial charge in [0, 0.05) is 12.5 Å². The van der Waals surface area contributed by atoms with Crippen LogP contribution in [0.5, 0.6) is 0 Å². The van der Waals surface area contributed by atoms with Crippen molar-refractivity contribution in [3.8, 4) is 11.1 Å². The molecule has 182 valence electrons. The van der Waals surface area contributed by atoms with Crippen LogP contribution in [-0.4, -0.2) is 30.8 Å². The van der Waals surface area contributed by atoms with Crippen molar-refractivity contribution in [3.63, 3.8) is 0 Å². The van der Waals surface area contributed by atoms with Crippen LogP contribution in [0, 0.1) is 0 Å². The molecule has 3 aromatic carbocycles. The van der Waals surface area contributed by atoms with Crippen molar-refractivity contribution < 1.29 is 19.1 Å². The van der Waals surface area contributed by atoms with E-state index in [1.165, 1.54) is 22.3 Å². The van der Waals surface area contributed by atoms with Crippen molar-refractivity contribution in [3.05, 3.63) is 95.1 Å². The highest BCUT2D eigenvalue weighted by atomic mass is 16.6. The lowest BCUT2D eigenvalue weighted by atomic mass is 9.98. The molecule has 35 heavy (non-hydrogen) atoms. The fourth-order valence-electron chi connectivity index (χ4n) is 4.44. The molecule has 3 aromatic rings. The highest BCUT2D eigenvalue weighted by Gasteiger charge is 2.28. The summed E-state index contributed by atoms with van der Waals surface area (Å²) in [5, 5.41) is 2.86. The first-order chi connectivity index (χ1) is 16.8. The van der Waals surface area contributed by atoms with E-state index < -0.39 is 5.60 Å². The summed E-state index contributed by atoms with van der Waals surface area (Å²) in [6.07, 6.45) is 2.27. The average molecular weight is 472 g/mol. The topological polar surface area (TPSA) is 64.6 Å². The van der Waals surface area contributed by atoms with Crippen molar-refractivity contribution in [2.45, 2.75) is 51.6 Å². The van der Waals surface area contributed by atoms with Gasteiger partial charge in [-0.1, -0.05) is 60.7 Å². The molecule has 0 fully saturated rings. The summed E-state index contributed by atoms with van der Waals surface area (Å²) in [6.45, 7) is 6.46. The molecule has 0 spiro atoms. The number of benzene rings is 3. The van der Waals surface area contributed by atoms with Gasteiger partial charge in [0.25, 0.3) is 0 Å². The number of unbranched alkanes of at least 4 members (excludes halogenated alkanes) is 1. The molecule has 0 heterocycles. The van der Waals surface area contributed by atoms with Crippen molar-refractivity contribution in [2.24, 2.45) is 0 Å². The molecule has 0 aliphatic heterocycles. The number of nitrogens with one attached hydrogen (secondary N) is 1. The predicted molar refractivity (Wildman–Crippen MR) is 138 cm³/mol. The third-order valence-electron chi connectivity index (χ3n) is 6.09. The lowest BCUT2D eigenvalue weighted by Crippen LogP contribution is -2.27. The molecule has 4 rings (SSSR count). The molecule has 0 saturated heterocycles. The number of carbonyl (C=O) groups excluding carboxylic acids is 2. The van der Waals surface area contributed by atoms with Crippen LogP contribution < -0.4 is 5.32 Å². The Kier molecular flexibility index (Phi) is 7.54. The number of hydrogen-bond acceptors (Lipinski definition) is 4. The van der Waals surface area contributed by atoms with Crippen LogP contribution in [0.2, 0.25) is 0 Å². The lowest BCUT2D eigenvalue weighted by Gasteiger charge is -2.19. The molecule has 5 nitrogen and oxygen atoms in total. The van der Waals surface area contributed by atoms with E-state index in [2.05, 4.69) is 29.6 Å². The molecule has 0 radical (unpaired) electrons. The number of carbonyl (C=O) groups is 2. The van der Waals surface area contributed by atoms with E-state index in [0.717, 1.165) is 24.8 Å². The first-order valence-electron chi connectivity index (χ1n) is 12.2. The predicted octanol–water partition coefficient (Wildman–Crippen LogP) is 6.50. The van der Waals surface area contributed by atoms with Gasteiger partial charge in [-0.05, 0) is 80.0 Å². The zero-order chi connectivity index (χ0) is 24.8. The zero-order valence-electron chi connectivity index (χ0n) is 20.7. The Morgan fingerprint density at radius 1 is 0.829 bits per heavy atom. The van der Waals surface area contributed by atoms with Gasteiger partial charge in [0.1, 0.15) is 12.2 Å². The van der Waals surface area contributed by atoms with Gasteiger partial charge in [0.15, 0.2) is 0 Å². The molecule has 0 aromatic heterocycles. The SMILES string of the molecule is CC(C)(C)OC(=O)c1ccc(CCCCNC(=O)OCC2c3ccccc3-c3ccccc32)cc1. The minimum atomic E-state index is -0.504. The number of alkyl carbamates (subject to hydrolysis) is 1. The molecule has 5 heteroatoms. The summed E-state index contributed by atoms with van der Waals surface area (Å²) in [7, 11) is 0. The quantitative estimate of drug-likeness (QED) is 0.301. The van der Waals surface area contributed by atoms with Crippen LogP contribution in [0.15, 0.2) is 72.8 Å². The number of esters is 1. The van der Waals surface area contributed by atoms with Crippen LogP contribution in [0.4, 0.5) is 4.79 Å². The summed E-state index contributed by atoms with van der Waals surface area (Å²) in [5.74, 6) is -0.242. The third-order valence-corrected chi connectivity index (χ3v) is 6.09. The Morgan fingerprint density at radius 3 is 2.03 bits per heavy atom. The summed E-state index contributed by atoms with van der Waals surface area (Å²) in [6, 6.07) is 24.1. The second-order valence-electron chi connectivity index (χ2n) is 9.91. The van der Waals surface area contributed by atoms with E-state index in [4.69, 9.17) is 9.47 Å². The van der Waals surface area contributed by atoms with Crippen LogP contribution >= 0.6 is 0 Å². The van der Waals surface area contributed by atoms with E-state index in [-0.39, 0.29) is 18.0 Å². The summed E-state index contributed by atoms with van der Waals surface area (Å²) < 4.78 is 11.0. The van der Waals surface area contributed by atoms with E-state index in [1.54, 1.807) is 12.1 Å². The lowest BCUT2D eigenvalue weighted by molar-refractivity contribution is 0.00694. The van der Waals surface area contributed by atoms with Crippen molar-refractivity contribution in [1.82, 2.24) is 5.32 Å². The fourth-order valence-corrected chi connectivity index (χ4v) is 4.44. The minimum Gasteiger partial charge on any atom is -0.456 e. The number of amides is 1. The molecule has 1 amide bonds. The first kappa shape index (κ1) is 24.5. The van der Waals surface area contributed by atoms with Gasteiger partial charge in [-0.3, -0.25) is 0 Å². The fraction of sp³-hybridized carbons (Fsp3) is 0.333. The van der Waals surface area contributed by atoms with Gasteiger partial charge >= 0.3 is 12.1 Å². The van der Waals surface area contributed by atoms with Crippen molar-refractivity contribution in [2.75, 3.05) is 13.2 Å². The Balaban J connectivity index is 1.18. The maximum absolute atomic E-state index is 12.3. The molecular formula is C30H33NO4. The first-order valence-corrected chi connectivity index (χ1v) is 12.2. The Labute approximate surface area is 207 Å². The standard InChI is InChI=1S/C30H33NO4/c1-30(2,3)35-28(32)22-17-15-21(16-18-22)10-8-9-19-31-29(33)34-20-27-25-13-6-4-11-23(25)24-12-5-7-14-26(24)27/h4-7,11-18,27H,8-10,19-20H2,1-3H3,(H,31,33). The summed E-state index contributed by atoms with van der Waals surface area (Å²) in [5.41, 5.74) is 6.06.